The molecule has 0 atom stereocenters. The van der Waals surface area contributed by atoms with Gasteiger partial charge >= 0.3 is 0 Å². The van der Waals surface area contributed by atoms with E-state index in [1.165, 1.54) is 0 Å². The summed E-state index contributed by atoms with van der Waals surface area (Å²) in [5.41, 5.74) is 0.994. The van der Waals surface area contributed by atoms with Crippen LogP contribution < -0.4 is 4.74 Å². The second kappa shape index (κ2) is 4.99. The first kappa shape index (κ1) is 11.0. The molecule has 1 heterocycles. The molecule has 0 aliphatic heterocycles. The van der Waals surface area contributed by atoms with Crippen molar-refractivity contribution in [2.75, 3.05) is 0 Å². The SMILES string of the molecule is Oc1ccc(COc2cccnc2Br)cc1. The first-order chi connectivity index (χ1) is 7.75. The lowest BCUT2D eigenvalue weighted by Crippen LogP contribution is -1.96. The molecule has 0 amide bonds. The smallest absolute Gasteiger partial charge is 0.152 e. The third kappa shape index (κ3) is 2.73. The van der Waals surface area contributed by atoms with Gasteiger partial charge in [0.05, 0.1) is 0 Å². The zero-order valence-corrected chi connectivity index (χ0v) is 10.0. The van der Waals surface area contributed by atoms with Gasteiger partial charge < -0.3 is 9.84 Å². The molecule has 0 radical (unpaired) electrons. The van der Waals surface area contributed by atoms with Crippen molar-refractivity contribution in [1.29, 1.82) is 0 Å². The summed E-state index contributed by atoms with van der Waals surface area (Å²) in [6.45, 7) is 0.449. The van der Waals surface area contributed by atoms with Crippen LogP contribution in [0.1, 0.15) is 5.56 Å². The van der Waals surface area contributed by atoms with Crippen molar-refractivity contribution in [1.82, 2.24) is 4.98 Å². The number of hydrogen-bond acceptors (Lipinski definition) is 3. The number of aromatic nitrogens is 1. The second-order valence-corrected chi connectivity index (χ2v) is 4.00. The largest absolute Gasteiger partial charge is 0.508 e. The quantitative estimate of drug-likeness (QED) is 0.878. The Morgan fingerprint density at radius 2 is 1.94 bits per heavy atom. The number of rotatable bonds is 3. The Labute approximate surface area is 102 Å². The second-order valence-electron chi connectivity index (χ2n) is 3.25. The third-order valence-electron chi connectivity index (χ3n) is 2.06. The molecule has 2 rings (SSSR count). The predicted molar refractivity (Wildman–Crippen MR) is 64.4 cm³/mol. The normalized spacial score (nSPS) is 10.1. The molecule has 1 N–H and O–H groups in total. The van der Waals surface area contributed by atoms with Gasteiger partial charge in [0.2, 0.25) is 0 Å². The Hall–Kier alpha value is -1.55. The van der Waals surface area contributed by atoms with Gasteiger partial charge in [0, 0.05) is 6.20 Å². The fraction of sp³-hybridized carbons (Fsp3) is 0.0833. The standard InChI is InChI=1S/C12H10BrNO2/c13-12-11(2-1-7-14-12)16-8-9-3-5-10(15)6-4-9/h1-7,15H,8H2. The van der Waals surface area contributed by atoms with E-state index in [9.17, 15) is 0 Å². The van der Waals surface area contributed by atoms with Gasteiger partial charge in [-0.05, 0) is 45.8 Å². The van der Waals surface area contributed by atoms with Crippen LogP contribution in [0, 0.1) is 0 Å². The van der Waals surface area contributed by atoms with E-state index in [1.807, 2.05) is 24.3 Å². The van der Waals surface area contributed by atoms with Crippen molar-refractivity contribution in [2.24, 2.45) is 0 Å². The monoisotopic (exact) mass is 279 g/mol. The summed E-state index contributed by atoms with van der Waals surface area (Å²) in [6, 6.07) is 10.6. The number of hydrogen-bond donors (Lipinski definition) is 1. The van der Waals surface area contributed by atoms with Gasteiger partial charge in [0.1, 0.15) is 17.0 Å². The lowest BCUT2D eigenvalue weighted by Gasteiger charge is -2.07. The van der Waals surface area contributed by atoms with Crippen molar-refractivity contribution < 1.29 is 9.84 Å². The summed E-state index contributed by atoms with van der Waals surface area (Å²) >= 11 is 3.31. The Balaban J connectivity index is 2.02. The van der Waals surface area contributed by atoms with E-state index in [4.69, 9.17) is 9.84 Å². The van der Waals surface area contributed by atoms with Gasteiger partial charge in [-0.2, -0.15) is 0 Å². The number of ether oxygens (including phenoxy) is 1. The molecule has 0 saturated heterocycles. The van der Waals surface area contributed by atoms with E-state index in [0.717, 1.165) is 5.56 Å². The van der Waals surface area contributed by atoms with Gasteiger partial charge in [0.25, 0.3) is 0 Å². The first-order valence-corrected chi connectivity index (χ1v) is 5.56. The van der Waals surface area contributed by atoms with Crippen LogP contribution in [0.5, 0.6) is 11.5 Å². The molecule has 2 aromatic rings. The average molecular weight is 280 g/mol. The molecule has 0 saturated carbocycles. The highest BCUT2D eigenvalue weighted by Crippen LogP contribution is 2.22. The first-order valence-electron chi connectivity index (χ1n) is 4.77. The van der Waals surface area contributed by atoms with Crippen LogP contribution in [0.25, 0.3) is 0 Å². The number of aromatic hydroxyl groups is 1. The summed E-state index contributed by atoms with van der Waals surface area (Å²) in [5, 5.41) is 9.13. The molecule has 1 aromatic heterocycles. The van der Waals surface area contributed by atoms with E-state index in [1.54, 1.807) is 18.3 Å². The van der Waals surface area contributed by atoms with Crippen LogP contribution in [0.2, 0.25) is 0 Å². The van der Waals surface area contributed by atoms with Crippen LogP contribution >= 0.6 is 15.9 Å². The highest BCUT2D eigenvalue weighted by atomic mass is 79.9. The van der Waals surface area contributed by atoms with Crippen LogP contribution in [-0.4, -0.2) is 10.1 Å². The molecule has 0 aliphatic rings. The zero-order chi connectivity index (χ0) is 11.4. The zero-order valence-electron chi connectivity index (χ0n) is 8.43. The Bertz CT molecular complexity index is 471. The van der Waals surface area contributed by atoms with E-state index in [0.29, 0.717) is 17.0 Å². The summed E-state index contributed by atoms with van der Waals surface area (Å²) in [5.74, 6) is 0.960. The van der Waals surface area contributed by atoms with Gasteiger partial charge in [-0.3, -0.25) is 0 Å². The van der Waals surface area contributed by atoms with E-state index < -0.39 is 0 Å². The highest BCUT2D eigenvalue weighted by molar-refractivity contribution is 9.10. The Morgan fingerprint density at radius 3 is 2.62 bits per heavy atom. The maximum atomic E-state index is 9.13. The van der Waals surface area contributed by atoms with Crippen LogP contribution in [-0.2, 0) is 6.61 Å². The van der Waals surface area contributed by atoms with Crippen LogP contribution in [0.3, 0.4) is 0 Å². The van der Waals surface area contributed by atoms with E-state index >= 15 is 0 Å². The predicted octanol–water partition coefficient (Wildman–Crippen LogP) is 3.13. The molecule has 0 aliphatic carbocycles. The molecule has 4 heteroatoms. The molecular weight excluding hydrogens is 270 g/mol. The molecule has 0 spiro atoms. The fourth-order valence-corrected chi connectivity index (χ4v) is 1.60. The summed E-state index contributed by atoms with van der Waals surface area (Å²) < 4.78 is 6.26. The minimum absolute atomic E-state index is 0.256. The number of phenols is 1. The lowest BCUT2D eigenvalue weighted by atomic mass is 10.2. The van der Waals surface area contributed by atoms with Crippen molar-refractivity contribution in [3.05, 3.63) is 52.8 Å². The maximum absolute atomic E-state index is 9.13. The fourth-order valence-electron chi connectivity index (χ4n) is 1.23. The molecule has 0 fully saturated rings. The topological polar surface area (TPSA) is 42.4 Å². The van der Waals surface area contributed by atoms with Gasteiger partial charge in [0.15, 0.2) is 5.75 Å². The molecular formula is C12H10BrNO2. The molecule has 16 heavy (non-hydrogen) atoms. The highest BCUT2D eigenvalue weighted by Gasteiger charge is 2.01. The third-order valence-corrected chi connectivity index (χ3v) is 2.65. The summed E-state index contributed by atoms with van der Waals surface area (Å²) in [4.78, 5) is 4.06. The lowest BCUT2D eigenvalue weighted by molar-refractivity contribution is 0.302. The van der Waals surface area contributed by atoms with E-state index in [2.05, 4.69) is 20.9 Å². The van der Waals surface area contributed by atoms with Crippen LogP contribution in [0.4, 0.5) is 0 Å². The Kier molecular flexibility index (Phi) is 3.41. The Morgan fingerprint density at radius 1 is 1.19 bits per heavy atom. The molecule has 3 nitrogen and oxygen atoms in total. The van der Waals surface area contributed by atoms with Crippen molar-refractivity contribution in [3.8, 4) is 11.5 Å². The van der Waals surface area contributed by atoms with Gasteiger partial charge in [-0.25, -0.2) is 4.98 Å². The molecule has 1 aromatic carbocycles. The minimum atomic E-state index is 0.256. The molecule has 0 bridgehead atoms. The minimum Gasteiger partial charge on any atom is -0.508 e. The van der Waals surface area contributed by atoms with E-state index in [-0.39, 0.29) is 5.75 Å². The maximum Gasteiger partial charge on any atom is 0.152 e. The average Bonchev–Trinajstić information content (AvgIpc) is 2.30. The number of phenolic OH excluding ortho intramolecular Hbond substituents is 1. The molecule has 82 valence electrons. The number of halogens is 1. The summed E-state index contributed by atoms with van der Waals surface area (Å²) in [6.07, 6.45) is 1.69. The number of pyridine rings is 1. The number of benzene rings is 1. The van der Waals surface area contributed by atoms with Crippen molar-refractivity contribution >= 4 is 15.9 Å². The summed E-state index contributed by atoms with van der Waals surface area (Å²) in [7, 11) is 0. The van der Waals surface area contributed by atoms with Gasteiger partial charge in [-0.15, -0.1) is 0 Å². The van der Waals surface area contributed by atoms with Crippen molar-refractivity contribution in [2.45, 2.75) is 6.61 Å². The van der Waals surface area contributed by atoms with Gasteiger partial charge in [-0.1, -0.05) is 12.1 Å². The van der Waals surface area contributed by atoms with Crippen molar-refractivity contribution in [3.63, 3.8) is 0 Å². The van der Waals surface area contributed by atoms with Crippen LogP contribution in [0.15, 0.2) is 47.2 Å². The molecule has 0 unspecified atom stereocenters. The number of nitrogens with zero attached hydrogens (tertiary/aromatic N) is 1.